The third kappa shape index (κ3) is 2.49. The van der Waals surface area contributed by atoms with E-state index in [4.69, 9.17) is 10.8 Å². The highest BCUT2D eigenvalue weighted by molar-refractivity contribution is 7.89. The van der Waals surface area contributed by atoms with E-state index >= 15 is 0 Å². The number of likely N-dealkylation sites (N-methyl/N-ethyl adjacent to an activating group) is 1. The summed E-state index contributed by atoms with van der Waals surface area (Å²) in [7, 11) is -3.64. The van der Waals surface area contributed by atoms with Gasteiger partial charge in [-0.1, -0.05) is 31.2 Å². The minimum Gasteiger partial charge on any atom is -0.398 e. The Kier molecular flexibility index (Phi) is 4.27. The maximum absolute atomic E-state index is 12.7. The molecule has 0 aromatic heterocycles. The zero-order valence-corrected chi connectivity index (χ0v) is 12.1. The van der Waals surface area contributed by atoms with Crippen molar-refractivity contribution in [3.05, 3.63) is 36.4 Å². The SMILES string of the molecule is CCN(CCO)S(=O)(=O)c1ccc(N)c2ccccc12. The molecule has 5 nitrogen and oxygen atoms in total. The quantitative estimate of drug-likeness (QED) is 0.817. The molecule has 2 aromatic rings. The number of sulfonamides is 1. The summed E-state index contributed by atoms with van der Waals surface area (Å²) in [6.45, 7) is 1.92. The molecular formula is C14H18N2O3S. The molecule has 2 aromatic carbocycles. The lowest BCUT2D eigenvalue weighted by molar-refractivity contribution is 0.257. The third-order valence-electron chi connectivity index (χ3n) is 3.24. The van der Waals surface area contributed by atoms with E-state index < -0.39 is 10.0 Å². The van der Waals surface area contributed by atoms with E-state index in [1.54, 1.807) is 31.2 Å². The van der Waals surface area contributed by atoms with Crippen molar-refractivity contribution >= 4 is 26.5 Å². The fourth-order valence-electron chi connectivity index (χ4n) is 2.22. The summed E-state index contributed by atoms with van der Waals surface area (Å²) in [5.41, 5.74) is 6.43. The smallest absolute Gasteiger partial charge is 0.243 e. The molecular weight excluding hydrogens is 276 g/mol. The summed E-state index contributed by atoms with van der Waals surface area (Å²) in [4.78, 5) is 0.220. The van der Waals surface area contributed by atoms with Crippen LogP contribution in [0.1, 0.15) is 6.92 Å². The second kappa shape index (κ2) is 5.78. The van der Waals surface area contributed by atoms with Crippen LogP contribution >= 0.6 is 0 Å². The molecule has 0 atom stereocenters. The number of anilines is 1. The van der Waals surface area contributed by atoms with E-state index in [1.165, 1.54) is 10.4 Å². The van der Waals surface area contributed by atoms with Gasteiger partial charge in [0.15, 0.2) is 0 Å². The molecule has 2 rings (SSSR count). The van der Waals surface area contributed by atoms with E-state index in [0.717, 1.165) is 0 Å². The van der Waals surface area contributed by atoms with Crippen molar-refractivity contribution in [2.75, 3.05) is 25.4 Å². The first-order valence-electron chi connectivity index (χ1n) is 6.40. The average molecular weight is 294 g/mol. The first kappa shape index (κ1) is 14.8. The Morgan fingerprint density at radius 2 is 1.80 bits per heavy atom. The molecule has 6 heteroatoms. The van der Waals surface area contributed by atoms with Crippen LogP contribution in [-0.2, 0) is 10.0 Å². The van der Waals surface area contributed by atoms with Crippen LogP contribution in [-0.4, -0.2) is 37.5 Å². The zero-order valence-electron chi connectivity index (χ0n) is 11.3. The van der Waals surface area contributed by atoms with E-state index in [1.807, 2.05) is 6.07 Å². The zero-order chi connectivity index (χ0) is 14.8. The number of hydrogen-bond acceptors (Lipinski definition) is 4. The fourth-order valence-corrected chi connectivity index (χ4v) is 3.85. The molecule has 0 unspecified atom stereocenters. The second-order valence-corrected chi connectivity index (χ2v) is 6.33. The number of nitrogen functional groups attached to an aromatic ring is 1. The van der Waals surface area contributed by atoms with Crippen LogP contribution in [0.4, 0.5) is 5.69 Å². The minimum atomic E-state index is -3.64. The Bertz CT molecular complexity index is 713. The van der Waals surface area contributed by atoms with Gasteiger partial charge in [0.2, 0.25) is 10.0 Å². The first-order valence-corrected chi connectivity index (χ1v) is 7.84. The third-order valence-corrected chi connectivity index (χ3v) is 5.27. The van der Waals surface area contributed by atoms with Crippen LogP contribution in [0.2, 0.25) is 0 Å². The molecule has 0 aliphatic carbocycles. The van der Waals surface area contributed by atoms with Crippen molar-refractivity contribution < 1.29 is 13.5 Å². The number of aliphatic hydroxyl groups excluding tert-OH is 1. The van der Waals surface area contributed by atoms with E-state index in [9.17, 15) is 8.42 Å². The molecule has 3 N–H and O–H groups in total. The highest BCUT2D eigenvalue weighted by atomic mass is 32.2. The molecule has 20 heavy (non-hydrogen) atoms. The van der Waals surface area contributed by atoms with Gasteiger partial charge in [-0.25, -0.2) is 8.42 Å². The Morgan fingerprint density at radius 1 is 1.15 bits per heavy atom. The van der Waals surface area contributed by atoms with Gasteiger partial charge in [-0.15, -0.1) is 0 Å². The van der Waals surface area contributed by atoms with Gasteiger partial charge in [-0.05, 0) is 12.1 Å². The lowest BCUT2D eigenvalue weighted by Gasteiger charge is -2.20. The molecule has 0 radical (unpaired) electrons. The van der Waals surface area contributed by atoms with Gasteiger partial charge < -0.3 is 10.8 Å². The van der Waals surface area contributed by atoms with Crippen molar-refractivity contribution in [3.8, 4) is 0 Å². The van der Waals surface area contributed by atoms with Crippen molar-refractivity contribution in [1.82, 2.24) is 4.31 Å². The van der Waals surface area contributed by atoms with Crippen molar-refractivity contribution in [2.45, 2.75) is 11.8 Å². The van der Waals surface area contributed by atoms with Gasteiger partial charge in [0, 0.05) is 29.5 Å². The Hall–Kier alpha value is -1.63. The Balaban J connectivity index is 2.66. The van der Waals surface area contributed by atoms with Crippen LogP contribution in [0.5, 0.6) is 0 Å². The van der Waals surface area contributed by atoms with Crippen LogP contribution in [0.15, 0.2) is 41.3 Å². The van der Waals surface area contributed by atoms with E-state index in [0.29, 0.717) is 23.0 Å². The number of rotatable bonds is 5. The lowest BCUT2D eigenvalue weighted by atomic mass is 10.1. The van der Waals surface area contributed by atoms with Crippen molar-refractivity contribution in [2.24, 2.45) is 0 Å². The number of aliphatic hydroxyl groups is 1. The summed E-state index contributed by atoms with van der Waals surface area (Å²) in [6.07, 6.45) is 0. The molecule has 0 spiro atoms. The summed E-state index contributed by atoms with van der Waals surface area (Å²) < 4.78 is 26.6. The minimum absolute atomic E-state index is 0.0809. The summed E-state index contributed by atoms with van der Waals surface area (Å²) >= 11 is 0. The molecule has 0 aliphatic rings. The molecule has 108 valence electrons. The molecule has 0 saturated carbocycles. The number of nitrogens with two attached hydrogens (primary N) is 1. The number of fused-ring (bicyclic) bond motifs is 1. The Labute approximate surface area is 118 Å². The van der Waals surface area contributed by atoms with Crippen LogP contribution in [0.25, 0.3) is 10.8 Å². The van der Waals surface area contributed by atoms with Gasteiger partial charge in [0.1, 0.15) is 0 Å². The van der Waals surface area contributed by atoms with E-state index in [-0.39, 0.29) is 18.0 Å². The normalized spacial score (nSPS) is 12.2. The van der Waals surface area contributed by atoms with Gasteiger partial charge in [-0.3, -0.25) is 0 Å². The number of hydrogen-bond donors (Lipinski definition) is 2. The van der Waals surface area contributed by atoms with Gasteiger partial charge >= 0.3 is 0 Å². The van der Waals surface area contributed by atoms with Crippen molar-refractivity contribution in [1.29, 1.82) is 0 Å². The monoisotopic (exact) mass is 294 g/mol. The molecule has 0 fully saturated rings. The topological polar surface area (TPSA) is 83.6 Å². The summed E-state index contributed by atoms with van der Waals surface area (Å²) in [5, 5.41) is 10.3. The average Bonchev–Trinajstić information content (AvgIpc) is 2.45. The molecule has 0 bridgehead atoms. The maximum Gasteiger partial charge on any atom is 0.243 e. The van der Waals surface area contributed by atoms with Gasteiger partial charge in [-0.2, -0.15) is 4.31 Å². The predicted octanol–water partition coefficient (Wildman–Crippen LogP) is 1.42. The van der Waals surface area contributed by atoms with Gasteiger partial charge in [0.05, 0.1) is 11.5 Å². The summed E-state index contributed by atoms with van der Waals surface area (Å²) in [5.74, 6) is 0. The maximum atomic E-state index is 12.7. The second-order valence-electron chi connectivity index (χ2n) is 4.42. The number of nitrogens with zero attached hydrogens (tertiary/aromatic N) is 1. The van der Waals surface area contributed by atoms with Crippen LogP contribution < -0.4 is 5.73 Å². The summed E-state index contributed by atoms with van der Waals surface area (Å²) in [6, 6.07) is 10.3. The highest BCUT2D eigenvalue weighted by Gasteiger charge is 2.24. The predicted molar refractivity (Wildman–Crippen MR) is 79.9 cm³/mol. The van der Waals surface area contributed by atoms with E-state index in [2.05, 4.69) is 0 Å². The van der Waals surface area contributed by atoms with Crippen molar-refractivity contribution in [3.63, 3.8) is 0 Å². The fraction of sp³-hybridized carbons (Fsp3) is 0.286. The standard InChI is InChI=1S/C14H18N2O3S/c1-2-16(9-10-17)20(18,19)14-8-7-13(15)11-5-3-4-6-12(11)14/h3-8,17H,2,9-10,15H2,1H3. The molecule has 0 amide bonds. The molecule has 0 aliphatic heterocycles. The largest absolute Gasteiger partial charge is 0.398 e. The van der Waals surface area contributed by atoms with Gasteiger partial charge in [0.25, 0.3) is 0 Å². The highest BCUT2D eigenvalue weighted by Crippen LogP contribution is 2.29. The van der Waals surface area contributed by atoms with Crippen LogP contribution in [0, 0.1) is 0 Å². The molecule has 0 saturated heterocycles. The molecule has 0 heterocycles. The first-order chi connectivity index (χ1) is 9.52. The lowest BCUT2D eigenvalue weighted by Crippen LogP contribution is -2.33. The number of benzene rings is 2. The van der Waals surface area contributed by atoms with Crippen LogP contribution in [0.3, 0.4) is 0 Å². The Morgan fingerprint density at radius 3 is 2.40 bits per heavy atom.